The summed E-state index contributed by atoms with van der Waals surface area (Å²) >= 11 is 0. The van der Waals surface area contributed by atoms with Crippen LogP contribution in [0.4, 0.5) is 5.69 Å². The van der Waals surface area contributed by atoms with Gasteiger partial charge in [0.25, 0.3) is 0 Å². The van der Waals surface area contributed by atoms with Crippen LogP contribution in [-0.2, 0) is 4.79 Å². The first-order valence-electron chi connectivity index (χ1n) is 5.96. The Kier molecular flexibility index (Phi) is 3.43. The Labute approximate surface area is 102 Å². The van der Waals surface area contributed by atoms with Crippen LogP contribution in [0, 0.1) is 24.2 Å². The minimum Gasteiger partial charge on any atom is -0.370 e. The summed E-state index contributed by atoms with van der Waals surface area (Å²) < 4.78 is 0. The van der Waals surface area contributed by atoms with Crippen LogP contribution in [0.1, 0.15) is 24.0 Å². The predicted molar refractivity (Wildman–Crippen MR) is 66.9 cm³/mol. The van der Waals surface area contributed by atoms with Gasteiger partial charge in [-0.15, -0.1) is 0 Å². The standard InChI is InChI=1S/C14H16N2O/c1-11-4-2-6-13(8-15)14(11)16-7-3-5-12(9-16)10-17/h2,4,6,10,12H,3,5,7,9H2,1H3. The number of anilines is 1. The number of aldehydes is 1. The fourth-order valence-corrected chi connectivity index (χ4v) is 2.49. The van der Waals surface area contributed by atoms with E-state index in [0.29, 0.717) is 5.56 Å². The van der Waals surface area contributed by atoms with Crippen LogP contribution in [-0.4, -0.2) is 19.4 Å². The van der Waals surface area contributed by atoms with Crippen LogP contribution < -0.4 is 4.90 Å². The van der Waals surface area contributed by atoms with Gasteiger partial charge < -0.3 is 9.69 Å². The number of aryl methyl sites for hydroxylation is 1. The van der Waals surface area contributed by atoms with Crippen molar-refractivity contribution in [3.63, 3.8) is 0 Å². The molecule has 1 atom stereocenters. The highest BCUT2D eigenvalue weighted by molar-refractivity contribution is 5.65. The number of hydrogen-bond donors (Lipinski definition) is 0. The highest BCUT2D eigenvalue weighted by Crippen LogP contribution is 2.28. The molecule has 3 heteroatoms. The molecular formula is C14H16N2O. The molecule has 0 aliphatic carbocycles. The van der Waals surface area contributed by atoms with Crippen molar-refractivity contribution in [1.29, 1.82) is 5.26 Å². The van der Waals surface area contributed by atoms with Crippen molar-refractivity contribution in [3.05, 3.63) is 29.3 Å². The highest BCUT2D eigenvalue weighted by atomic mass is 16.1. The average Bonchev–Trinajstić information content (AvgIpc) is 2.38. The molecule has 1 heterocycles. The molecule has 0 N–H and O–H groups in total. The number of carbonyl (C=O) groups excluding carboxylic acids is 1. The van der Waals surface area contributed by atoms with E-state index in [1.807, 2.05) is 25.1 Å². The van der Waals surface area contributed by atoms with E-state index in [9.17, 15) is 4.79 Å². The number of nitriles is 1. The molecule has 1 aliphatic heterocycles. The molecule has 1 aromatic rings. The van der Waals surface area contributed by atoms with Crippen LogP contribution in [0.15, 0.2) is 18.2 Å². The van der Waals surface area contributed by atoms with E-state index in [0.717, 1.165) is 43.5 Å². The number of para-hydroxylation sites is 1. The Morgan fingerprint density at radius 1 is 1.53 bits per heavy atom. The van der Waals surface area contributed by atoms with Gasteiger partial charge in [-0.25, -0.2) is 0 Å². The summed E-state index contributed by atoms with van der Waals surface area (Å²) in [6, 6.07) is 7.99. The fraction of sp³-hybridized carbons (Fsp3) is 0.429. The third-order valence-corrected chi connectivity index (χ3v) is 3.32. The second kappa shape index (κ2) is 5.01. The summed E-state index contributed by atoms with van der Waals surface area (Å²) in [6.45, 7) is 3.69. The summed E-state index contributed by atoms with van der Waals surface area (Å²) in [5, 5.41) is 9.15. The molecule has 3 nitrogen and oxygen atoms in total. The Balaban J connectivity index is 2.33. The first-order valence-corrected chi connectivity index (χ1v) is 5.96. The largest absolute Gasteiger partial charge is 0.370 e. The maximum Gasteiger partial charge on any atom is 0.124 e. The normalized spacial score (nSPS) is 19.8. The third kappa shape index (κ3) is 2.31. The molecule has 0 bridgehead atoms. The van der Waals surface area contributed by atoms with E-state index in [1.165, 1.54) is 0 Å². The predicted octanol–water partition coefficient (Wildman–Crippen LogP) is 2.28. The molecule has 1 fully saturated rings. The van der Waals surface area contributed by atoms with Crippen molar-refractivity contribution in [3.8, 4) is 6.07 Å². The van der Waals surface area contributed by atoms with Gasteiger partial charge in [0.2, 0.25) is 0 Å². The number of piperidine rings is 1. The quantitative estimate of drug-likeness (QED) is 0.729. The number of nitrogens with zero attached hydrogens (tertiary/aromatic N) is 2. The van der Waals surface area contributed by atoms with E-state index in [1.54, 1.807) is 0 Å². The highest BCUT2D eigenvalue weighted by Gasteiger charge is 2.22. The van der Waals surface area contributed by atoms with Gasteiger partial charge in [-0.05, 0) is 31.4 Å². The van der Waals surface area contributed by atoms with E-state index >= 15 is 0 Å². The number of benzene rings is 1. The molecular weight excluding hydrogens is 212 g/mol. The van der Waals surface area contributed by atoms with Crippen LogP contribution in [0.5, 0.6) is 0 Å². The second-order valence-corrected chi connectivity index (χ2v) is 4.57. The van der Waals surface area contributed by atoms with Crippen molar-refractivity contribution < 1.29 is 4.79 Å². The monoisotopic (exact) mass is 228 g/mol. The molecule has 1 unspecified atom stereocenters. The zero-order valence-electron chi connectivity index (χ0n) is 10.0. The summed E-state index contributed by atoms with van der Waals surface area (Å²) in [6.07, 6.45) is 3.02. The molecule has 1 aliphatic rings. The smallest absolute Gasteiger partial charge is 0.124 e. The van der Waals surface area contributed by atoms with Crippen molar-refractivity contribution >= 4 is 12.0 Å². The topological polar surface area (TPSA) is 44.1 Å². The minimum atomic E-state index is 0.106. The van der Waals surface area contributed by atoms with Crippen molar-refractivity contribution in [2.24, 2.45) is 5.92 Å². The van der Waals surface area contributed by atoms with E-state index in [-0.39, 0.29) is 5.92 Å². The second-order valence-electron chi connectivity index (χ2n) is 4.57. The van der Waals surface area contributed by atoms with Gasteiger partial charge in [-0.1, -0.05) is 12.1 Å². The Bertz CT molecular complexity index is 462. The lowest BCUT2D eigenvalue weighted by atomic mass is 9.97. The Hall–Kier alpha value is -1.82. The number of rotatable bonds is 2. The van der Waals surface area contributed by atoms with Crippen LogP contribution in [0.3, 0.4) is 0 Å². The first-order chi connectivity index (χ1) is 8.26. The molecule has 2 rings (SSSR count). The lowest BCUT2D eigenvalue weighted by Gasteiger charge is -2.33. The maximum absolute atomic E-state index is 10.9. The van der Waals surface area contributed by atoms with Gasteiger partial charge in [0.15, 0.2) is 0 Å². The molecule has 0 radical (unpaired) electrons. The number of hydrogen-bond acceptors (Lipinski definition) is 3. The van der Waals surface area contributed by atoms with Gasteiger partial charge >= 0.3 is 0 Å². The molecule has 0 amide bonds. The molecule has 0 spiro atoms. The summed E-state index contributed by atoms with van der Waals surface area (Å²) in [5.74, 6) is 0.106. The van der Waals surface area contributed by atoms with Crippen LogP contribution >= 0.6 is 0 Å². The molecule has 1 aromatic carbocycles. The van der Waals surface area contributed by atoms with Gasteiger partial charge in [0.1, 0.15) is 12.4 Å². The van der Waals surface area contributed by atoms with E-state index < -0.39 is 0 Å². The van der Waals surface area contributed by atoms with Gasteiger partial charge in [-0.2, -0.15) is 5.26 Å². The average molecular weight is 228 g/mol. The molecule has 1 saturated heterocycles. The SMILES string of the molecule is Cc1cccc(C#N)c1N1CCCC(C=O)C1. The summed E-state index contributed by atoms with van der Waals surface area (Å²) in [7, 11) is 0. The minimum absolute atomic E-state index is 0.106. The van der Waals surface area contributed by atoms with Crippen molar-refractivity contribution in [1.82, 2.24) is 0 Å². The lowest BCUT2D eigenvalue weighted by molar-refractivity contribution is -0.111. The van der Waals surface area contributed by atoms with E-state index in [4.69, 9.17) is 5.26 Å². The molecule has 88 valence electrons. The van der Waals surface area contributed by atoms with E-state index in [2.05, 4.69) is 11.0 Å². The third-order valence-electron chi connectivity index (χ3n) is 3.32. The van der Waals surface area contributed by atoms with Gasteiger partial charge in [0.05, 0.1) is 11.3 Å². The zero-order valence-corrected chi connectivity index (χ0v) is 10.0. The van der Waals surface area contributed by atoms with Crippen LogP contribution in [0.2, 0.25) is 0 Å². The number of carbonyl (C=O) groups is 1. The summed E-state index contributed by atoms with van der Waals surface area (Å²) in [4.78, 5) is 13.1. The summed E-state index contributed by atoms with van der Waals surface area (Å²) in [5.41, 5.74) is 2.81. The van der Waals surface area contributed by atoms with Crippen molar-refractivity contribution in [2.75, 3.05) is 18.0 Å². The zero-order chi connectivity index (χ0) is 12.3. The molecule has 0 saturated carbocycles. The van der Waals surface area contributed by atoms with Crippen molar-refractivity contribution in [2.45, 2.75) is 19.8 Å². The Morgan fingerprint density at radius 3 is 3.06 bits per heavy atom. The molecule has 0 aromatic heterocycles. The van der Waals surface area contributed by atoms with Crippen LogP contribution in [0.25, 0.3) is 0 Å². The Morgan fingerprint density at radius 2 is 2.35 bits per heavy atom. The molecule has 17 heavy (non-hydrogen) atoms. The van der Waals surface area contributed by atoms with Gasteiger partial charge in [-0.3, -0.25) is 0 Å². The van der Waals surface area contributed by atoms with Gasteiger partial charge in [0, 0.05) is 19.0 Å². The first kappa shape index (κ1) is 11.7. The maximum atomic E-state index is 10.9. The lowest BCUT2D eigenvalue weighted by Crippen LogP contribution is -2.36. The fourth-order valence-electron chi connectivity index (χ4n) is 2.49.